The molecular weight excluding hydrogens is 140 g/mol. The molecule has 0 unspecified atom stereocenters. The van der Waals surface area contributed by atoms with Gasteiger partial charge in [-0.1, -0.05) is 13.3 Å². The van der Waals surface area contributed by atoms with Crippen molar-refractivity contribution < 1.29 is 9.53 Å². The summed E-state index contributed by atoms with van der Waals surface area (Å²) in [7, 11) is 0. The van der Waals surface area contributed by atoms with Gasteiger partial charge in [0.2, 0.25) is 6.61 Å². The first-order chi connectivity index (χ1) is 5.41. The third kappa shape index (κ3) is 9.47. The summed E-state index contributed by atoms with van der Waals surface area (Å²) in [5, 5.41) is 0. The molecule has 0 N–H and O–H groups in total. The second kappa shape index (κ2) is 9.47. The van der Waals surface area contributed by atoms with Crippen LogP contribution in [-0.2, 0) is 9.53 Å². The van der Waals surface area contributed by atoms with Gasteiger partial charge >= 0.3 is 6.47 Å². The standard InChI is InChI=1S/C9H6O2/c1-2-3-4-5-6-7-8-11-9-10/h3H,2H2,1H3. The van der Waals surface area contributed by atoms with E-state index in [0.717, 1.165) is 12.9 Å². The van der Waals surface area contributed by atoms with Crippen LogP contribution in [0.25, 0.3) is 0 Å². The summed E-state index contributed by atoms with van der Waals surface area (Å²) >= 11 is 0. The number of hydrogen-bond acceptors (Lipinski definition) is 2. The van der Waals surface area contributed by atoms with Gasteiger partial charge in [-0.05, 0) is 19.3 Å². The van der Waals surface area contributed by atoms with Crippen molar-refractivity contribution in [1.29, 1.82) is 0 Å². The van der Waals surface area contributed by atoms with Gasteiger partial charge < -0.3 is 4.74 Å². The molecule has 2 nitrogen and oxygen atoms in total. The minimum atomic E-state index is 0.890. The maximum Gasteiger partial charge on any atom is 0.418 e. The molecule has 0 saturated heterocycles. The van der Waals surface area contributed by atoms with E-state index in [1.807, 2.05) is 13.5 Å². The van der Waals surface area contributed by atoms with Gasteiger partial charge in [-0.2, -0.15) is 0 Å². The highest BCUT2D eigenvalue weighted by molar-refractivity contribution is 5.39. The average Bonchev–Trinajstić information content (AvgIpc) is 2.03. The number of rotatable bonds is 8. The predicted octanol–water partition coefficient (Wildman–Crippen LogP) is 1.05. The molecule has 0 heterocycles. The summed E-state index contributed by atoms with van der Waals surface area (Å²) in [6.07, 6.45) is 12.5. The highest BCUT2D eigenvalue weighted by Gasteiger charge is 1.94. The maximum atomic E-state index is 9.42. The molecule has 0 spiro atoms. The minimum absolute atomic E-state index is 0.890. The zero-order valence-corrected chi connectivity index (χ0v) is 6.10. The fraction of sp³-hybridized carbons (Fsp3) is 0.222. The van der Waals surface area contributed by atoms with Crippen molar-refractivity contribution in [2.24, 2.45) is 0 Å². The third-order valence-electron chi connectivity index (χ3n) is 0.647. The van der Waals surface area contributed by atoms with Gasteiger partial charge in [0, 0.05) is 12.8 Å². The van der Waals surface area contributed by atoms with E-state index < -0.39 is 0 Å². The summed E-state index contributed by atoms with van der Waals surface area (Å²) in [6.45, 7) is 5.14. The Morgan fingerprint density at radius 1 is 1.36 bits per heavy atom. The second-order valence-corrected chi connectivity index (χ2v) is 1.42. The van der Waals surface area contributed by atoms with E-state index in [1.165, 1.54) is 0 Å². The van der Waals surface area contributed by atoms with Crippen LogP contribution >= 0.6 is 0 Å². The summed E-state index contributed by atoms with van der Waals surface area (Å²) in [4.78, 5) is 9.42. The van der Waals surface area contributed by atoms with Crippen molar-refractivity contribution in [2.45, 2.75) is 13.3 Å². The molecular formula is C9H6O2. The SMILES string of the molecule is CC[CH][C][C][C][C][C]O[C]=O. The fourth-order valence-corrected chi connectivity index (χ4v) is 0.292. The first kappa shape index (κ1) is 10.5. The van der Waals surface area contributed by atoms with Gasteiger partial charge in [-0.15, -0.1) is 0 Å². The highest BCUT2D eigenvalue weighted by Crippen LogP contribution is 2.00. The van der Waals surface area contributed by atoms with Crippen molar-refractivity contribution >= 4 is 6.47 Å². The van der Waals surface area contributed by atoms with Crippen LogP contribution in [-0.4, -0.2) is 6.47 Å². The topological polar surface area (TPSA) is 26.3 Å². The number of unbranched alkanes of at least 4 members (excludes halogenated alkanes) is 5. The highest BCUT2D eigenvalue weighted by atomic mass is 16.5. The Morgan fingerprint density at radius 2 is 2.18 bits per heavy atom. The van der Waals surface area contributed by atoms with Gasteiger partial charge in [0.25, 0.3) is 0 Å². The van der Waals surface area contributed by atoms with Crippen molar-refractivity contribution in [3.8, 4) is 0 Å². The fourth-order valence-electron chi connectivity index (χ4n) is 0.292. The van der Waals surface area contributed by atoms with Crippen LogP contribution in [0, 0.1) is 38.7 Å². The molecule has 54 valence electrons. The second-order valence-electron chi connectivity index (χ2n) is 1.42. The van der Waals surface area contributed by atoms with Crippen molar-refractivity contribution in [2.75, 3.05) is 0 Å². The van der Waals surface area contributed by atoms with E-state index in [4.69, 9.17) is 0 Å². The lowest BCUT2D eigenvalue weighted by molar-refractivity contribution is 0.361. The summed E-state index contributed by atoms with van der Waals surface area (Å²) < 4.78 is 3.93. The van der Waals surface area contributed by atoms with E-state index in [0.29, 0.717) is 0 Å². The molecule has 0 atom stereocenters. The van der Waals surface area contributed by atoms with E-state index in [1.54, 1.807) is 6.42 Å². The molecule has 0 aliphatic heterocycles. The molecule has 0 aromatic carbocycles. The molecule has 0 amide bonds. The van der Waals surface area contributed by atoms with Gasteiger partial charge in [-0.3, -0.25) is 0 Å². The summed E-state index contributed by atoms with van der Waals surface area (Å²) in [5.41, 5.74) is 0. The van der Waals surface area contributed by atoms with Crippen LogP contribution in [0.1, 0.15) is 13.3 Å². The molecule has 11 heavy (non-hydrogen) atoms. The smallest absolute Gasteiger partial charge is 0.418 e. The van der Waals surface area contributed by atoms with E-state index in [-0.39, 0.29) is 0 Å². The van der Waals surface area contributed by atoms with Crippen molar-refractivity contribution in [1.82, 2.24) is 0 Å². The average molecular weight is 146 g/mol. The first-order valence-corrected chi connectivity index (χ1v) is 3.02. The van der Waals surface area contributed by atoms with Crippen molar-refractivity contribution in [3.63, 3.8) is 0 Å². The van der Waals surface area contributed by atoms with Gasteiger partial charge in [-0.25, -0.2) is 4.79 Å². The zero-order chi connectivity index (χ0) is 8.36. The molecule has 0 aromatic heterocycles. The van der Waals surface area contributed by atoms with Crippen molar-refractivity contribution in [3.05, 3.63) is 38.7 Å². The van der Waals surface area contributed by atoms with E-state index >= 15 is 0 Å². The summed E-state index contributed by atoms with van der Waals surface area (Å²) in [6, 6.07) is 0. The third-order valence-corrected chi connectivity index (χ3v) is 0.647. The van der Waals surface area contributed by atoms with Gasteiger partial charge in [0.1, 0.15) is 0 Å². The Morgan fingerprint density at radius 3 is 2.82 bits per heavy atom. The first-order valence-electron chi connectivity index (χ1n) is 3.02. The lowest BCUT2D eigenvalue weighted by Gasteiger charge is -1.93. The van der Waals surface area contributed by atoms with Crippen LogP contribution in [0.15, 0.2) is 0 Å². The van der Waals surface area contributed by atoms with Gasteiger partial charge in [0.05, 0.1) is 0 Å². The lowest BCUT2D eigenvalue weighted by atomic mass is 10.1. The van der Waals surface area contributed by atoms with E-state index in [9.17, 15) is 4.79 Å². The molecule has 0 aliphatic rings. The van der Waals surface area contributed by atoms with Crippen LogP contribution in [0.4, 0.5) is 0 Å². The number of carbonyl (C=O) groups excluding carboxylic acids is 1. The van der Waals surface area contributed by atoms with Crippen LogP contribution in [0.5, 0.6) is 0 Å². The Balaban J connectivity index is 2.74. The Bertz CT molecular complexity index is 81.6. The molecule has 0 fully saturated rings. The van der Waals surface area contributed by atoms with Crippen LogP contribution in [0.3, 0.4) is 0 Å². The lowest BCUT2D eigenvalue weighted by Crippen LogP contribution is -1.87. The Labute approximate surface area is 68.9 Å². The van der Waals surface area contributed by atoms with Gasteiger partial charge in [0.15, 0.2) is 0 Å². The largest absolute Gasteiger partial charge is 0.441 e. The summed E-state index contributed by atoms with van der Waals surface area (Å²) in [5.74, 6) is 0. The van der Waals surface area contributed by atoms with E-state index in [2.05, 4.69) is 30.4 Å². The molecule has 0 aliphatic carbocycles. The molecule has 0 bridgehead atoms. The molecule has 0 saturated carbocycles. The number of ether oxygens (including phenoxy) is 1. The Kier molecular flexibility index (Phi) is 9.01. The maximum absolute atomic E-state index is 9.42. The molecule has 2 heteroatoms. The Hall–Kier alpha value is -0.530. The quantitative estimate of drug-likeness (QED) is 0.478. The monoisotopic (exact) mass is 146 g/mol. The predicted molar refractivity (Wildman–Crippen MR) is 37.6 cm³/mol. The van der Waals surface area contributed by atoms with Crippen LogP contribution < -0.4 is 0 Å². The van der Waals surface area contributed by atoms with Crippen LogP contribution in [0.2, 0.25) is 0 Å². The zero-order valence-electron chi connectivity index (χ0n) is 6.10. The molecule has 0 aromatic rings. The molecule has 0 rings (SSSR count). The number of hydrogen-bond donors (Lipinski definition) is 0. The minimum Gasteiger partial charge on any atom is -0.441 e. The molecule has 12 radical (unpaired) electrons. The normalized spacial score (nSPS) is 9.55.